The molecule has 156 valence electrons. The van der Waals surface area contributed by atoms with E-state index in [1.807, 2.05) is 30.0 Å². The van der Waals surface area contributed by atoms with Gasteiger partial charge in [0.25, 0.3) is 0 Å². The molecule has 1 saturated heterocycles. The van der Waals surface area contributed by atoms with E-state index in [4.69, 9.17) is 4.99 Å². The van der Waals surface area contributed by atoms with E-state index in [1.54, 1.807) is 6.20 Å². The number of hydrogen-bond acceptors (Lipinski definition) is 4. The molecule has 0 unspecified atom stereocenters. The van der Waals surface area contributed by atoms with Crippen LogP contribution in [0.4, 0.5) is 0 Å². The predicted molar refractivity (Wildman–Crippen MR) is 121 cm³/mol. The standard InChI is InChI=1S/C22H32N6S/c1-3-23-21(27-13-14-29-22(17-27)9-5-4-6-10-22)26-16-19-7-8-20(25-15-19)28-12-11-24-18(28)2/h7-8,11-12,15H,3-6,9-10,13-14,16-17H2,1-2H3,(H,23,26). The smallest absolute Gasteiger partial charge is 0.194 e. The molecule has 6 nitrogen and oxygen atoms in total. The van der Waals surface area contributed by atoms with Crippen LogP contribution in [-0.2, 0) is 6.54 Å². The van der Waals surface area contributed by atoms with Gasteiger partial charge in [0.2, 0.25) is 0 Å². The lowest BCUT2D eigenvalue weighted by molar-refractivity contribution is 0.293. The number of nitrogens with one attached hydrogen (secondary N) is 1. The highest BCUT2D eigenvalue weighted by molar-refractivity contribution is 8.00. The third-order valence-corrected chi connectivity index (χ3v) is 7.48. The van der Waals surface area contributed by atoms with Crippen LogP contribution in [0, 0.1) is 6.92 Å². The van der Waals surface area contributed by atoms with E-state index in [9.17, 15) is 0 Å². The Kier molecular flexibility index (Phi) is 6.43. The highest BCUT2D eigenvalue weighted by Crippen LogP contribution is 2.42. The Hall–Kier alpha value is -2.02. The van der Waals surface area contributed by atoms with Crippen LogP contribution in [-0.4, -0.2) is 55.5 Å². The summed E-state index contributed by atoms with van der Waals surface area (Å²) in [5.74, 6) is 4.08. The minimum absolute atomic E-state index is 0.443. The monoisotopic (exact) mass is 412 g/mol. The van der Waals surface area contributed by atoms with Crippen molar-refractivity contribution in [1.82, 2.24) is 24.8 Å². The molecule has 4 rings (SSSR count). The lowest BCUT2D eigenvalue weighted by Crippen LogP contribution is -2.53. The van der Waals surface area contributed by atoms with Crippen LogP contribution < -0.4 is 5.32 Å². The van der Waals surface area contributed by atoms with Crippen LogP contribution >= 0.6 is 11.8 Å². The number of aliphatic imine (C=N–C) groups is 1. The van der Waals surface area contributed by atoms with Crippen molar-refractivity contribution in [3.8, 4) is 5.82 Å². The molecule has 0 amide bonds. The van der Waals surface area contributed by atoms with Gasteiger partial charge in [0.05, 0.1) is 6.54 Å². The maximum absolute atomic E-state index is 4.96. The molecular weight excluding hydrogens is 380 g/mol. The fourth-order valence-electron chi connectivity index (χ4n) is 4.39. The van der Waals surface area contributed by atoms with Crippen molar-refractivity contribution in [1.29, 1.82) is 0 Å². The van der Waals surface area contributed by atoms with Gasteiger partial charge in [0.15, 0.2) is 5.96 Å². The number of imidazole rings is 1. The molecule has 1 N–H and O–H groups in total. The first-order chi connectivity index (χ1) is 14.2. The van der Waals surface area contributed by atoms with Crippen molar-refractivity contribution in [2.24, 2.45) is 4.99 Å². The number of pyridine rings is 1. The molecule has 29 heavy (non-hydrogen) atoms. The van der Waals surface area contributed by atoms with Crippen molar-refractivity contribution in [3.05, 3.63) is 42.1 Å². The molecule has 1 saturated carbocycles. The second kappa shape index (κ2) is 9.20. The average molecular weight is 413 g/mol. The summed E-state index contributed by atoms with van der Waals surface area (Å²) in [5.41, 5.74) is 1.13. The zero-order chi connectivity index (χ0) is 20.1. The SMILES string of the molecule is CCNC(=NCc1ccc(-n2ccnc2C)nc1)N1CCSC2(CCCCC2)C1. The van der Waals surface area contributed by atoms with E-state index in [0.717, 1.165) is 42.8 Å². The van der Waals surface area contributed by atoms with Gasteiger partial charge in [-0.15, -0.1) is 0 Å². The second-order valence-electron chi connectivity index (χ2n) is 8.05. The van der Waals surface area contributed by atoms with E-state index in [1.165, 1.54) is 37.9 Å². The van der Waals surface area contributed by atoms with Gasteiger partial charge in [0, 0.05) is 48.7 Å². The fourth-order valence-corrected chi connectivity index (χ4v) is 5.96. The van der Waals surface area contributed by atoms with Crippen molar-refractivity contribution in [2.75, 3.05) is 25.4 Å². The van der Waals surface area contributed by atoms with E-state index in [0.29, 0.717) is 11.3 Å². The van der Waals surface area contributed by atoms with Crippen molar-refractivity contribution < 1.29 is 0 Å². The Morgan fingerprint density at radius 2 is 2.10 bits per heavy atom. The molecule has 0 bridgehead atoms. The molecule has 2 aromatic rings. The summed E-state index contributed by atoms with van der Waals surface area (Å²) in [6, 6.07) is 4.16. The highest BCUT2D eigenvalue weighted by Gasteiger charge is 2.38. The number of thioether (sulfide) groups is 1. The summed E-state index contributed by atoms with van der Waals surface area (Å²) in [7, 11) is 0. The third-order valence-electron chi connectivity index (χ3n) is 5.94. The summed E-state index contributed by atoms with van der Waals surface area (Å²) in [6.45, 7) is 7.88. The van der Waals surface area contributed by atoms with Crippen molar-refractivity contribution >= 4 is 17.7 Å². The van der Waals surface area contributed by atoms with Crippen molar-refractivity contribution in [3.63, 3.8) is 0 Å². The Morgan fingerprint density at radius 1 is 1.24 bits per heavy atom. The number of hydrogen-bond donors (Lipinski definition) is 1. The average Bonchev–Trinajstić information content (AvgIpc) is 3.18. The molecular formula is C22H32N6S. The Morgan fingerprint density at radius 3 is 2.79 bits per heavy atom. The zero-order valence-electron chi connectivity index (χ0n) is 17.6. The van der Waals surface area contributed by atoms with Gasteiger partial charge >= 0.3 is 0 Å². The van der Waals surface area contributed by atoms with Crippen LogP contribution in [0.3, 0.4) is 0 Å². The summed E-state index contributed by atoms with van der Waals surface area (Å²) in [5, 5.41) is 3.52. The molecule has 7 heteroatoms. The number of aryl methyl sites for hydroxylation is 1. The molecule has 3 heterocycles. The molecule has 2 aliphatic rings. The lowest BCUT2D eigenvalue weighted by Gasteiger charge is -2.45. The van der Waals surface area contributed by atoms with Gasteiger partial charge in [0.1, 0.15) is 11.6 Å². The molecule has 1 aliphatic carbocycles. The molecule has 2 aromatic heterocycles. The van der Waals surface area contributed by atoms with Gasteiger partial charge in [-0.3, -0.25) is 4.57 Å². The number of nitrogens with zero attached hydrogens (tertiary/aromatic N) is 5. The van der Waals surface area contributed by atoms with Crippen molar-refractivity contribution in [2.45, 2.75) is 57.2 Å². The summed E-state index contributed by atoms with van der Waals surface area (Å²) < 4.78 is 2.44. The molecule has 2 fully saturated rings. The minimum atomic E-state index is 0.443. The first-order valence-corrected chi connectivity index (χ1v) is 11.8. The van der Waals surface area contributed by atoms with Gasteiger partial charge < -0.3 is 10.2 Å². The predicted octanol–water partition coefficient (Wildman–Crippen LogP) is 3.79. The van der Waals surface area contributed by atoms with E-state index in [-0.39, 0.29) is 0 Å². The minimum Gasteiger partial charge on any atom is -0.357 e. The highest BCUT2D eigenvalue weighted by atomic mass is 32.2. The van der Waals surface area contributed by atoms with Gasteiger partial charge in [-0.05, 0) is 38.3 Å². The van der Waals surface area contributed by atoms with E-state index >= 15 is 0 Å². The summed E-state index contributed by atoms with van der Waals surface area (Å²) in [6.07, 6.45) is 12.5. The Bertz CT molecular complexity index is 817. The molecule has 1 aliphatic heterocycles. The topological polar surface area (TPSA) is 58.3 Å². The number of rotatable bonds is 4. The van der Waals surface area contributed by atoms with Gasteiger partial charge in [-0.1, -0.05) is 25.3 Å². The first-order valence-electron chi connectivity index (χ1n) is 10.8. The van der Waals surface area contributed by atoms with Crippen LogP contribution in [0.25, 0.3) is 5.82 Å². The first kappa shape index (κ1) is 20.3. The maximum atomic E-state index is 4.96. The number of guanidine groups is 1. The molecule has 0 radical (unpaired) electrons. The molecule has 0 aromatic carbocycles. The molecule has 1 spiro atoms. The normalized spacial score (nSPS) is 19.5. The van der Waals surface area contributed by atoms with E-state index in [2.05, 4.69) is 44.9 Å². The van der Waals surface area contributed by atoms with Crippen LogP contribution in [0.5, 0.6) is 0 Å². The summed E-state index contributed by atoms with van der Waals surface area (Å²) >= 11 is 2.20. The van der Waals surface area contributed by atoms with E-state index < -0.39 is 0 Å². The lowest BCUT2D eigenvalue weighted by atomic mass is 9.87. The number of aromatic nitrogens is 3. The van der Waals surface area contributed by atoms with Crippen LogP contribution in [0.15, 0.2) is 35.7 Å². The van der Waals surface area contributed by atoms with Gasteiger partial charge in [-0.2, -0.15) is 11.8 Å². The fraction of sp³-hybridized carbons (Fsp3) is 0.591. The van der Waals surface area contributed by atoms with Crippen LogP contribution in [0.2, 0.25) is 0 Å². The zero-order valence-corrected chi connectivity index (χ0v) is 18.4. The third kappa shape index (κ3) is 4.77. The largest absolute Gasteiger partial charge is 0.357 e. The van der Waals surface area contributed by atoms with Gasteiger partial charge in [-0.25, -0.2) is 15.0 Å². The summed E-state index contributed by atoms with van der Waals surface area (Å²) in [4.78, 5) is 16.3. The molecule has 0 atom stereocenters. The maximum Gasteiger partial charge on any atom is 0.194 e. The Labute approximate surface area is 178 Å². The Balaban J connectivity index is 1.45. The second-order valence-corrected chi connectivity index (χ2v) is 9.62. The van der Waals surface area contributed by atoms with Crippen LogP contribution in [0.1, 0.15) is 50.4 Å². The quantitative estimate of drug-likeness (QED) is 0.612.